The summed E-state index contributed by atoms with van der Waals surface area (Å²) in [5.74, 6) is 0.682. The molecule has 1 saturated heterocycles. The summed E-state index contributed by atoms with van der Waals surface area (Å²) >= 11 is 0. The monoisotopic (exact) mass is 241 g/mol. The number of likely N-dealkylation sites (tertiary alicyclic amines) is 1. The zero-order chi connectivity index (χ0) is 12.6. The van der Waals surface area contributed by atoms with Gasteiger partial charge in [0, 0.05) is 6.54 Å². The van der Waals surface area contributed by atoms with Gasteiger partial charge in [-0.3, -0.25) is 0 Å². The molecule has 0 aromatic heterocycles. The van der Waals surface area contributed by atoms with Gasteiger partial charge >= 0.3 is 6.09 Å². The van der Waals surface area contributed by atoms with Crippen LogP contribution in [0, 0.1) is 5.92 Å². The number of ether oxygens (including phenoxy) is 1. The van der Waals surface area contributed by atoms with Crippen molar-refractivity contribution in [1.29, 1.82) is 0 Å². The van der Waals surface area contributed by atoms with Crippen molar-refractivity contribution in [3.05, 3.63) is 0 Å². The first-order valence-corrected chi connectivity index (χ1v) is 6.54. The van der Waals surface area contributed by atoms with Crippen molar-refractivity contribution >= 4 is 6.09 Å². The second-order valence-corrected chi connectivity index (χ2v) is 6.28. The summed E-state index contributed by atoms with van der Waals surface area (Å²) < 4.78 is 5.39. The van der Waals surface area contributed by atoms with Gasteiger partial charge < -0.3 is 14.7 Å². The molecule has 2 bridgehead atoms. The molecule has 2 aliphatic rings. The van der Waals surface area contributed by atoms with Gasteiger partial charge in [-0.25, -0.2) is 4.79 Å². The maximum atomic E-state index is 12.1. The first kappa shape index (κ1) is 12.7. The molecular weight excluding hydrogens is 218 g/mol. The Balaban J connectivity index is 2.02. The van der Waals surface area contributed by atoms with Crippen LogP contribution in [0.2, 0.25) is 0 Å². The topological polar surface area (TPSA) is 49.8 Å². The Bertz CT molecular complexity index is 298. The van der Waals surface area contributed by atoms with Gasteiger partial charge in [0.25, 0.3) is 0 Å². The number of aliphatic hydroxyl groups excluding tert-OH is 1. The zero-order valence-electron chi connectivity index (χ0n) is 11.0. The molecule has 2 rings (SSSR count). The van der Waals surface area contributed by atoms with E-state index in [2.05, 4.69) is 0 Å². The number of nitrogens with zero attached hydrogens (tertiary/aromatic N) is 1. The Morgan fingerprint density at radius 2 is 2.00 bits per heavy atom. The van der Waals surface area contributed by atoms with Crippen LogP contribution >= 0.6 is 0 Å². The number of aliphatic hydroxyl groups is 1. The van der Waals surface area contributed by atoms with Gasteiger partial charge in [-0.2, -0.15) is 0 Å². The van der Waals surface area contributed by atoms with Crippen molar-refractivity contribution in [3.8, 4) is 0 Å². The zero-order valence-corrected chi connectivity index (χ0v) is 11.0. The molecule has 17 heavy (non-hydrogen) atoms. The van der Waals surface area contributed by atoms with Crippen molar-refractivity contribution in [2.75, 3.05) is 6.54 Å². The number of piperidine rings is 1. The largest absolute Gasteiger partial charge is 0.444 e. The summed E-state index contributed by atoms with van der Waals surface area (Å²) in [5, 5.41) is 9.99. The maximum absolute atomic E-state index is 12.1. The van der Waals surface area contributed by atoms with E-state index in [9.17, 15) is 9.90 Å². The molecular formula is C13H23NO3. The summed E-state index contributed by atoms with van der Waals surface area (Å²) in [7, 11) is 0. The van der Waals surface area contributed by atoms with Gasteiger partial charge in [0.15, 0.2) is 0 Å². The van der Waals surface area contributed by atoms with E-state index in [1.54, 1.807) is 4.90 Å². The first-order valence-electron chi connectivity index (χ1n) is 6.54. The number of carbonyl (C=O) groups is 1. The van der Waals surface area contributed by atoms with Gasteiger partial charge in [-0.1, -0.05) is 0 Å². The van der Waals surface area contributed by atoms with E-state index >= 15 is 0 Å². The summed E-state index contributed by atoms with van der Waals surface area (Å²) in [6.07, 6.45) is 3.23. The molecule has 4 heteroatoms. The SMILES string of the molecule is CC(C)(C)OC(=O)N1CC[C@H]2CC[C@H](O)[C@H]1C2. The average Bonchev–Trinajstić information content (AvgIpc) is 2.21. The quantitative estimate of drug-likeness (QED) is 0.707. The number of amides is 1. The van der Waals surface area contributed by atoms with Crippen molar-refractivity contribution in [1.82, 2.24) is 4.90 Å². The van der Waals surface area contributed by atoms with Crippen LogP contribution in [0.3, 0.4) is 0 Å². The minimum Gasteiger partial charge on any atom is -0.444 e. The van der Waals surface area contributed by atoms with E-state index in [0.717, 1.165) is 32.2 Å². The van der Waals surface area contributed by atoms with Crippen LogP contribution in [-0.4, -0.2) is 40.4 Å². The molecule has 1 aliphatic carbocycles. The fourth-order valence-electron chi connectivity index (χ4n) is 2.85. The Labute approximate surface area is 103 Å². The summed E-state index contributed by atoms with van der Waals surface area (Å²) in [6.45, 7) is 6.33. The Hall–Kier alpha value is -0.770. The normalized spacial score (nSPS) is 33.4. The fraction of sp³-hybridized carbons (Fsp3) is 0.923. The van der Waals surface area contributed by atoms with E-state index in [1.807, 2.05) is 20.8 Å². The molecule has 2 fully saturated rings. The van der Waals surface area contributed by atoms with E-state index in [1.165, 1.54) is 0 Å². The molecule has 98 valence electrons. The standard InChI is InChI=1S/C13H23NO3/c1-13(2,3)17-12(16)14-7-6-9-4-5-11(15)10(14)8-9/h9-11,15H,4-8H2,1-3H3/t9-,10-,11+/m1/s1. The van der Waals surface area contributed by atoms with E-state index in [4.69, 9.17) is 4.74 Å². The van der Waals surface area contributed by atoms with Crippen LogP contribution < -0.4 is 0 Å². The molecule has 1 saturated carbocycles. The van der Waals surface area contributed by atoms with Crippen molar-refractivity contribution < 1.29 is 14.6 Å². The highest BCUT2D eigenvalue weighted by Gasteiger charge is 2.40. The number of hydrogen-bond acceptors (Lipinski definition) is 3. The van der Waals surface area contributed by atoms with E-state index in [-0.39, 0.29) is 18.2 Å². The molecule has 0 spiro atoms. The van der Waals surface area contributed by atoms with Crippen LogP contribution in [0.15, 0.2) is 0 Å². The lowest BCUT2D eigenvalue weighted by Crippen LogP contribution is -2.55. The summed E-state index contributed by atoms with van der Waals surface area (Å²) in [5.41, 5.74) is -0.465. The van der Waals surface area contributed by atoms with Gasteiger partial charge in [-0.05, 0) is 52.4 Å². The van der Waals surface area contributed by atoms with Crippen LogP contribution in [-0.2, 0) is 4.74 Å². The third-order valence-electron chi connectivity index (χ3n) is 3.70. The van der Waals surface area contributed by atoms with Gasteiger partial charge in [0.05, 0.1) is 12.1 Å². The van der Waals surface area contributed by atoms with Crippen LogP contribution in [0.4, 0.5) is 4.79 Å². The molecule has 0 aromatic rings. The second-order valence-electron chi connectivity index (χ2n) is 6.28. The minimum atomic E-state index is -0.465. The highest BCUT2D eigenvalue weighted by atomic mass is 16.6. The third kappa shape index (κ3) is 2.92. The lowest BCUT2D eigenvalue weighted by Gasteiger charge is -2.45. The number of hydrogen-bond donors (Lipinski definition) is 1. The Kier molecular flexibility index (Phi) is 3.34. The Morgan fingerprint density at radius 3 is 2.65 bits per heavy atom. The molecule has 0 aromatic carbocycles. The average molecular weight is 241 g/mol. The predicted molar refractivity (Wildman–Crippen MR) is 64.7 cm³/mol. The third-order valence-corrected chi connectivity index (χ3v) is 3.70. The lowest BCUT2D eigenvalue weighted by molar-refractivity contribution is -0.0441. The van der Waals surface area contributed by atoms with Gasteiger partial charge in [-0.15, -0.1) is 0 Å². The van der Waals surface area contributed by atoms with Gasteiger partial charge in [0.1, 0.15) is 5.60 Å². The fourth-order valence-corrected chi connectivity index (χ4v) is 2.85. The van der Waals surface area contributed by atoms with Crippen LogP contribution in [0.5, 0.6) is 0 Å². The Morgan fingerprint density at radius 1 is 1.29 bits per heavy atom. The highest BCUT2D eigenvalue weighted by molar-refractivity contribution is 5.68. The molecule has 1 aliphatic heterocycles. The molecule has 0 unspecified atom stereocenters. The molecule has 1 N–H and O–H groups in total. The predicted octanol–water partition coefficient (Wildman–Crippen LogP) is 2.16. The van der Waals surface area contributed by atoms with E-state index in [0.29, 0.717) is 5.92 Å². The summed E-state index contributed by atoms with van der Waals surface area (Å²) in [6, 6.07) is -0.0302. The number of rotatable bonds is 0. The smallest absolute Gasteiger partial charge is 0.410 e. The van der Waals surface area contributed by atoms with Gasteiger partial charge in [0.2, 0.25) is 0 Å². The number of carbonyl (C=O) groups excluding carboxylic acids is 1. The minimum absolute atomic E-state index is 0.0302. The molecule has 0 radical (unpaired) electrons. The molecule has 3 atom stereocenters. The molecule has 4 nitrogen and oxygen atoms in total. The van der Waals surface area contributed by atoms with Crippen molar-refractivity contribution in [2.45, 2.75) is 64.2 Å². The highest BCUT2D eigenvalue weighted by Crippen LogP contribution is 2.35. The van der Waals surface area contributed by atoms with Crippen molar-refractivity contribution in [3.63, 3.8) is 0 Å². The van der Waals surface area contributed by atoms with Crippen molar-refractivity contribution in [2.24, 2.45) is 5.92 Å². The maximum Gasteiger partial charge on any atom is 0.410 e. The number of fused-ring (bicyclic) bond motifs is 2. The van der Waals surface area contributed by atoms with Crippen LogP contribution in [0.1, 0.15) is 46.5 Å². The summed E-state index contributed by atoms with van der Waals surface area (Å²) in [4.78, 5) is 13.8. The first-order chi connectivity index (χ1) is 7.87. The molecule has 1 heterocycles. The van der Waals surface area contributed by atoms with E-state index < -0.39 is 5.60 Å². The van der Waals surface area contributed by atoms with Crippen LogP contribution in [0.25, 0.3) is 0 Å². The molecule has 1 amide bonds. The lowest BCUT2D eigenvalue weighted by atomic mass is 9.78. The second kappa shape index (κ2) is 4.48.